The number of nitrogens with zero attached hydrogens (tertiary/aromatic N) is 7. The lowest BCUT2D eigenvalue weighted by Gasteiger charge is -2.29. The molecule has 0 amide bonds. The maximum atomic E-state index is 6.76. The molecule has 8 heteroatoms. The summed E-state index contributed by atoms with van der Waals surface area (Å²) < 4.78 is 15.0. The van der Waals surface area contributed by atoms with E-state index in [0.29, 0.717) is 0 Å². The van der Waals surface area contributed by atoms with Crippen LogP contribution in [0.5, 0.6) is 0 Å². The Morgan fingerprint density at radius 3 is 0.725 bits per heavy atom. The van der Waals surface area contributed by atoms with Crippen LogP contribution in [0.1, 0.15) is 0 Å². The molecule has 23 aromatic rings. The SMILES string of the molecule is c1ccc(-n2c3ccccc3c3cc(-c4ccc5c(c4)c4ccccc4n5-c4nc(-n5c6ccccc6c6cc(-c7ccc8c(c7)c7ccccc7n8-c7ccccc7)ccc65)c(-n5c6ccccc6c6ccccc65)c(B5c6ccccc6-c6ccccc65)c4-n4c5ccccc5c5ccccc54)ccc32)cc1. The summed E-state index contributed by atoms with van der Waals surface area (Å²) in [5, 5.41) is 14.1. The summed E-state index contributed by atoms with van der Waals surface area (Å²) in [5.74, 6) is 1.62. The summed E-state index contributed by atoms with van der Waals surface area (Å²) in [7, 11) is 0. The Morgan fingerprint density at radius 1 is 0.183 bits per heavy atom. The standard InChI is InChI=1S/C101H62BN7/c1-3-27-67(28-4-1)104-85-43-19-13-37-75(85)79-59-63(51-55-93(79)104)65-53-57-95-81(61-65)77-39-15-25-49-91(77)108(95)100-98(106-87-45-21-9-33-71(87)72-34-10-22-46-88(72)106)97(102-83-41-17-7-31-69(83)70-32-8-18-42-84(70)102)99(107-89-47-23-11-35-73(89)74-36-12-24-48-90(74)107)101(103-100)109-92-50-26-16-40-78(92)82-62-66(54-58-96(82)109)64-52-56-94-80(60-64)76-38-14-20-44-86(76)105(94)68-29-5-2-6-30-68/h1-62H. The molecule has 0 unspecified atom stereocenters. The van der Waals surface area contributed by atoms with Crippen LogP contribution in [0.2, 0.25) is 0 Å². The molecule has 16 aromatic carbocycles. The highest BCUT2D eigenvalue weighted by Gasteiger charge is 2.42. The zero-order valence-corrected chi connectivity index (χ0v) is 59.0. The summed E-state index contributed by atoms with van der Waals surface area (Å²) in [6, 6.07) is 140. The van der Waals surface area contributed by atoms with Gasteiger partial charge in [0.05, 0.1) is 77.6 Å². The smallest absolute Gasteiger partial charge is 0.248 e. The molecule has 0 saturated carbocycles. The molecule has 0 spiro atoms. The topological polar surface area (TPSA) is 42.5 Å². The van der Waals surface area contributed by atoms with Gasteiger partial charge in [-0.3, -0.25) is 9.13 Å². The average molecular weight is 1380 g/mol. The first-order valence-electron chi connectivity index (χ1n) is 37.6. The highest BCUT2D eigenvalue weighted by atomic mass is 15.2. The van der Waals surface area contributed by atoms with Crippen LogP contribution in [0, 0.1) is 0 Å². The summed E-state index contributed by atoms with van der Waals surface area (Å²) in [6.07, 6.45) is 0. The van der Waals surface area contributed by atoms with Gasteiger partial charge in [0.25, 0.3) is 0 Å². The zero-order chi connectivity index (χ0) is 71.1. The Balaban J connectivity index is 0.857. The van der Waals surface area contributed by atoms with Crippen molar-refractivity contribution < 1.29 is 0 Å². The quantitative estimate of drug-likeness (QED) is 0.133. The lowest BCUT2D eigenvalue weighted by molar-refractivity contribution is 0.967. The molecule has 1 aliphatic heterocycles. The number of hydrogen-bond acceptors (Lipinski definition) is 1. The Kier molecular flexibility index (Phi) is 12.6. The molecular weight excluding hydrogens is 1320 g/mol. The van der Waals surface area contributed by atoms with Crippen LogP contribution in [0.3, 0.4) is 0 Å². The van der Waals surface area contributed by atoms with E-state index < -0.39 is 0 Å². The first kappa shape index (κ1) is 59.9. The molecule has 109 heavy (non-hydrogen) atoms. The maximum Gasteiger partial charge on any atom is 0.248 e. The van der Waals surface area contributed by atoms with Crippen molar-refractivity contribution in [3.05, 3.63) is 376 Å². The monoisotopic (exact) mass is 1380 g/mol. The average Bonchev–Trinajstić information content (AvgIpc) is 1.67. The minimum atomic E-state index is -0.331. The van der Waals surface area contributed by atoms with Crippen LogP contribution in [-0.4, -0.2) is 39.1 Å². The third kappa shape index (κ3) is 8.51. The van der Waals surface area contributed by atoms with Gasteiger partial charge in [0.15, 0.2) is 11.6 Å². The van der Waals surface area contributed by atoms with Crippen LogP contribution >= 0.6 is 0 Å². The van der Waals surface area contributed by atoms with Gasteiger partial charge in [-0.25, -0.2) is 4.98 Å². The van der Waals surface area contributed by atoms with Crippen molar-refractivity contribution in [1.82, 2.24) is 32.4 Å². The van der Waals surface area contributed by atoms with E-state index in [-0.39, 0.29) is 6.71 Å². The van der Waals surface area contributed by atoms with E-state index in [1.165, 1.54) is 87.2 Å². The highest BCUT2D eigenvalue weighted by Crippen LogP contribution is 2.47. The van der Waals surface area contributed by atoms with Crippen molar-refractivity contribution in [1.29, 1.82) is 0 Å². The molecule has 7 aromatic heterocycles. The number of aromatic nitrogens is 7. The van der Waals surface area contributed by atoms with E-state index in [9.17, 15) is 0 Å². The van der Waals surface area contributed by atoms with Crippen molar-refractivity contribution in [2.45, 2.75) is 0 Å². The molecule has 0 saturated heterocycles. The number of rotatable bonds is 9. The largest absolute Gasteiger partial charge is 0.309 e. The molecule has 0 bridgehead atoms. The van der Waals surface area contributed by atoms with Gasteiger partial charge in [-0.2, -0.15) is 0 Å². The Morgan fingerprint density at radius 2 is 0.413 bits per heavy atom. The van der Waals surface area contributed by atoms with Crippen molar-refractivity contribution in [2.75, 3.05) is 0 Å². The van der Waals surface area contributed by atoms with E-state index in [0.717, 1.165) is 128 Å². The first-order valence-corrected chi connectivity index (χ1v) is 37.6. The highest BCUT2D eigenvalue weighted by molar-refractivity contribution is 7.00. The fourth-order valence-electron chi connectivity index (χ4n) is 19.2. The van der Waals surface area contributed by atoms with Gasteiger partial charge in [-0.1, -0.05) is 266 Å². The van der Waals surface area contributed by atoms with Crippen LogP contribution < -0.4 is 16.4 Å². The van der Waals surface area contributed by atoms with Gasteiger partial charge >= 0.3 is 0 Å². The molecule has 0 atom stereocenters. The lowest BCUT2D eigenvalue weighted by Crippen LogP contribution is -2.52. The molecule has 8 heterocycles. The van der Waals surface area contributed by atoms with E-state index in [1.807, 2.05) is 0 Å². The predicted molar refractivity (Wildman–Crippen MR) is 458 cm³/mol. The molecule has 0 radical (unpaired) electrons. The second-order valence-corrected chi connectivity index (χ2v) is 29.2. The predicted octanol–water partition coefficient (Wildman–Crippen LogP) is 23.5. The number of benzene rings is 16. The van der Waals surface area contributed by atoms with Crippen LogP contribution in [0.15, 0.2) is 376 Å². The number of hydrogen-bond donors (Lipinski definition) is 0. The first-order chi connectivity index (χ1) is 54.1. The second kappa shape index (κ2) is 23.0. The molecule has 7 nitrogen and oxygen atoms in total. The summed E-state index contributed by atoms with van der Waals surface area (Å²) in [6.45, 7) is -0.331. The van der Waals surface area contributed by atoms with Gasteiger partial charge in [-0.15, -0.1) is 0 Å². The minimum Gasteiger partial charge on any atom is -0.309 e. The molecule has 504 valence electrons. The summed E-state index contributed by atoms with van der Waals surface area (Å²) in [4.78, 5) is 6.76. The maximum absolute atomic E-state index is 6.76. The lowest BCUT2D eigenvalue weighted by atomic mass is 9.38. The third-order valence-corrected chi connectivity index (χ3v) is 23.7. The molecule has 0 aliphatic carbocycles. The van der Waals surface area contributed by atoms with E-state index in [4.69, 9.17) is 4.98 Å². The Labute approximate surface area is 626 Å². The van der Waals surface area contributed by atoms with Crippen molar-refractivity contribution in [3.63, 3.8) is 0 Å². The molecular formula is C101H62BN7. The van der Waals surface area contributed by atoms with Crippen molar-refractivity contribution in [2.24, 2.45) is 0 Å². The fraction of sp³-hybridized carbons (Fsp3) is 0. The fourth-order valence-corrected chi connectivity index (χ4v) is 19.2. The molecule has 24 rings (SSSR count). The van der Waals surface area contributed by atoms with Crippen LogP contribution in [0.4, 0.5) is 0 Å². The summed E-state index contributed by atoms with van der Waals surface area (Å²) >= 11 is 0. The van der Waals surface area contributed by atoms with Crippen LogP contribution in [0.25, 0.3) is 199 Å². The number of pyridine rings is 1. The third-order valence-electron chi connectivity index (χ3n) is 23.7. The van der Waals surface area contributed by atoms with E-state index in [1.54, 1.807) is 0 Å². The van der Waals surface area contributed by atoms with Gasteiger partial charge in [0.1, 0.15) is 0 Å². The normalized spacial score (nSPS) is 12.4. The second-order valence-electron chi connectivity index (χ2n) is 29.2. The van der Waals surface area contributed by atoms with E-state index in [2.05, 4.69) is 404 Å². The minimum absolute atomic E-state index is 0.331. The molecule has 0 fully saturated rings. The Hall–Kier alpha value is -14.5. The van der Waals surface area contributed by atoms with Crippen molar-refractivity contribution in [3.8, 4) is 67.8 Å². The zero-order valence-electron chi connectivity index (χ0n) is 59.0. The number of fused-ring (bicyclic) bond motifs is 21. The van der Waals surface area contributed by atoms with Gasteiger partial charge < -0.3 is 18.3 Å². The van der Waals surface area contributed by atoms with Crippen molar-refractivity contribution >= 4 is 154 Å². The molecule has 0 N–H and O–H groups in total. The number of para-hydroxylation sites is 10. The Bertz CT molecular complexity index is 7250. The van der Waals surface area contributed by atoms with Crippen LogP contribution in [-0.2, 0) is 0 Å². The summed E-state index contributed by atoms with van der Waals surface area (Å²) in [5.41, 5.74) is 28.2. The van der Waals surface area contributed by atoms with Gasteiger partial charge in [-0.05, 0) is 160 Å². The van der Waals surface area contributed by atoms with Gasteiger partial charge in [0.2, 0.25) is 6.71 Å². The molecule has 1 aliphatic rings. The van der Waals surface area contributed by atoms with Gasteiger partial charge in [0, 0.05) is 76.0 Å². The van der Waals surface area contributed by atoms with E-state index >= 15 is 0 Å².